The smallest absolute Gasteiger partial charge is 0.434 e. The summed E-state index contributed by atoms with van der Waals surface area (Å²) in [6.45, 7) is 3.63. The number of amides is 1. The van der Waals surface area contributed by atoms with E-state index >= 15 is 8.78 Å². The SMILES string of the molecule is COc1ncnc(C2CC2)c1-c1nccc(N(CC#CCNC(=O)c2cc(Cc3n[nH]c(=O)c4ccccc34)ccc2F)CC2C=CC(c3nc(C(F)(F)F)cn3C(C)C)=CC2)c1F. The Bertz CT molecular complexity index is 2930. The number of carbonyl (C=O) groups is 1. The second-order valence-electron chi connectivity index (χ2n) is 15.8. The number of hydrogen-bond donors (Lipinski definition) is 2. The molecule has 0 radical (unpaired) electrons. The van der Waals surface area contributed by atoms with Gasteiger partial charge in [0.2, 0.25) is 5.88 Å². The van der Waals surface area contributed by atoms with Crippen molar-refractivity contribution < 1.29 is 31.5 Å². The average Bonchev–Trinajstić information content (AvgIpc) is 4.03. The van der Waals surface area contributed by atoms with Crippen LogP contribution in [0.15, 0.2) is 90.3 Å². The zero-order valence-corrected chi connectivity index (χ0v) is 35.0. The monoisotopic (exact) mass is 875 g/mol. The molecule has 6 aromatic rings. The summed E-state index contributed by atoms with van der Waals surface area (Å²) >= 11 is 0. The summed E-state index contributed by atoms with van der Waals surface area (Å²) in [5.74, 6) is 4.11. The van der Waals surface area contributed by atoms with Crippen LogP contribution < -0.4 is 20.5 Å². The molecular weight excluding hydrogens is 834 g/mol. The zero-order chi connectivity index (χ0) is 45.1. The van der Waals surface area contributed by atoms with E-state index in [4.69, 9.17) is 4.74 Å². The van der Waals surface area contributed by atoms with Gasteiger partial charge in [0.15, 0.2) is 11.5 Å². The molecule has 4 aromatic heterocycles. The van der Waals surface area contributed by atoms with Crippen LogP contribution in [-0.2, 0) is 12.6 Å². The fraction of sp³-hybridized carbons (Fsp3) is 0.298. The van der Waals surface area contributed by atoms with Crippen molar-refractivity contribution in [3.05, 3.63) is 142 Å². The third-order valence-corrected chi connectivity index (χ3v) is 11.1. The fourth-order valence-electron chi connectivity index (χ4n) is 7.70. The Balaban J connectivity index is 1.02. The molecule has 12 nitrogen and oxygen atoms in total. The zero-order valence-electron chi connectivity index (χ0n) is 35.0. The molecule has 1 fully saturated rings. The number of carbonyl (C=O) groups excluding carboxylic acids is 1. The first-order valence-corrected chi connectivity index (χ1v) is 20.6. The lowest BCUT2D eigenvalue weighted by Gasteiger charge is -2.28. The number of aromatic nitrogens is 7. The van der Waals surface area contributed by atoms with Gasteiger partial charge in [0.05, 0.1) is 53.8 Å². The van der Waals surface area contributed by atoms with Crippen molar-refractivity contribution in [3.63, 3.8) is 0 Å². The number of nitrogens with zero attached hydrogens (tertiary/aromatic N) is 7. The van der Waals surface area contributed by atoms with E-state index in [-0.39, 0.29) is 78.1 Å². The summed E-state index contributed by atoms with van der Waals surface area (Å²) in [6.07, 6.45) is 7.07. The van der Waals surface area contributed by atoms with Crippen LogP contribution in [0.5, 0.6) is 5.88 Å². The van der Waals surface area contributed by atoms with Crippen molar-refractivity contribution in [2.75, 3.05) is 31.6 Å². The van der Waals surface area contributed by atoms with Crippen LogP contribution in [0.2, 0.25) is 0 Å². The molecule has 64 heavy (non-hydrogen) atoms. The van der Waals surface area contributed by atoms with Crippen molar-refractivity contribution in [1.29, 1.82) is 0 Å². The van der Waals surface area contributed by atoms with E-state index in [1.54, 1.807) is 55.2 Å². The lowest BCUT2D eigenvalue weighted by molar-refractivity contribution is -0.141. The Kier molecular flexibility index (Phi) is 12.4. The number of benzene rings is 2. The van der Waals surface area contributed by atoms with Crippen LogP contribution in [0.4, 0.5) is 27.6 Å². The Morgan fingerprint density at radius 1 is 1.06 bits per heavy atom. The minimum Gasteiger partial charge on any atom is -0.480 e. The minimum atomic E-state index is -4.61. The van der Waals surface area contributed by atoms with Crippen LogP contribution in [0, 0.1) is 29.4 Å². The minimum absolute atomic E-state index is 0.00820. The van der Waals surface area contributed by atoms with E-state index in [9.17, 15) is 22.8 Å². The first-order chi connectivity index (χ1) is 30.8. The molecule has 0 spiro atoms. The van der Waals surface area contributed by atoms with Gasteiger partial charge in [0.25, 0.3) is 11.5 Å². The largest absolute Gasteiger partial charge is 0.480 e. The molecule has 2 aliphatic rings. The number of methoxy groups -OCH3 is 1. The number of nitrogens with one attached hydrogen (secondary N) is 2. The molecular formula is C47H42F5N9O3. The third-order valence-electron chi connectivity index (χ3n) is 11.1. The number of rotatable bonds is 13. The summed E-state index contributed by atoms with van der Waals surface area (Å²) in [5.41, 5.74) is 1.37. The van der Waals surface area contributed by atoms with Crippen LogP contribution in [-0.4, -0.2) is 67.4 Å². The van der Waals surface area contributed by atoms with Gasteiger partial charge in [-0.05, 0) is 68.9 Å². The summed E-state index contributed by atoms with van der Waals surface area (Å²) in [4.78, 5) is 44.3. The van der Waals surface area contributed by atoms with Crippen molar-refractivity contribution in [3.8, 4) is 29.0 Å². The molecule has 0 bridgehead atoms. The number of ether oxygens (including phenoxy) is 1. The average molecular weight is 876 g/mol. The highest BCUT2D eigenvalue weighted by Crippen LogP contribution is 2.46. The molecule has 4 heterocycles. The molecule has 2 aliphatic carbocycles. The molecule has 1 amide bonds. The van der Waals surface area contributed by atoms with E-state index < -0.39 is 29.4 Å². The lowest BCUT2D eigenvalue weighted by atomic mass is 9.95. The maximum absolute atomic E-state index is 16.9. The Labute approximate surface area is 364 Å². The number of fused-ring (bicyclic) bond motifs is 1. The van der Waals surface area contributed by atoms with Gasteiger partial charge in [-0.3, -0.25) is 14.6 Å². The van der Waals surface area contributed by atoms with Gasteiger partial charge in [0.1, 0.15) is 23.7 Å². The summed E-state index contributed by atoms with van der Waals surface area (Å²) < 4.78 is 79.9. The van der Waals surface area contributed by atoms with E-state index in [0.29, 0.717) is 45.3 Å². The van der Waals surface area contributed by atoms with Gasteiger partial charge in [-0.2, -0.15) is 18.3 Å². The summed E-state index contributed by atoms with van der Waals surface area (Å²) in [5, 5.41) is 10.4. The molecule has 1 atom stereocenters. The predicted octanol–water partition coefficient (Wildman–Crippen LogP) is 8.23. The highest BCUT2D eigenvalue weighted by molar-refractivity contribution is 5.95. The van der Waals surface area contributed by atoms with Crippen molar-refractivity contribution >= 4 is 27.9 Å². The van der Waals surface area contributed by atoms with E-state index in [1.165, 1.54) is 42.4 Å². The van der Waals surface area contributed by atoms with Gasteiger partial charge in [-0.25, -0.2) is 28.8 Å². The number of halogens is 5. The number of allylic oxidation sites excluding steroid dienone is 3. The molecule has 2 N–H and O–H groups in total. The molecule has 8 rings (SSSR count). The first-order valence-electron chi connectivity index (χ1n) is 20.6. The molecule has 2 aromatic carbocycles. The molecule has 328 valence electrons. The summed E-state index contributed by atoms with van der Waals surface area (Å²) in [6, 6.07) is 12.4. The first kappa shape index (κ1) is 43.4. The van der Waals surface area contributed by atoms with Gasteiger partial charge < -0.3 is 19.5 Å². The van der Waals surface area contributed by atoms with E-state index in [0.717, 1.165) is 19.0 Å². The maximum Gasteiger partial charge on any atom is 0.434 e. The predicted molar refractivity (Wildman–Crippen MR) is 230 cm³/mol. The van der Waals surface area contributed by atoms with E-state index in [2.05, 4.69) is 47.3 Å². The topological polar surface area (TPSA) is 144 Å². The summed E-state index contributed by atoms with van der Waals surface area (Å²) in [7, 11) is 1.44. The molecule has 1 saturated carbocycles. The van der Waals surface area contributed by atoms with Crippen molar-refractivity contribution in [2.24, 2.45) is 5.92 Å². The number of hydrogen-bond acceptors (Lipinski definition) is 9. The molecule has 1 unspecified atom stereocenters. The molecule has 17 heteroatoms. The van der Waals surface area contributed by atoms with Gasteiger partial charge >= 0.3 is 6.18 Å². The Hall–Kier alpha value is -7.22. The maximum atomic E-state index is 16.9. The van der Waals surface area contributed by atoms with Crippen molar-refractivity contribution in [2.45, 2.75) is 57.7 Å². The number of anilines is 1. The van der Waals surface area contributed by atoms with Crippen LogP contribution in [0.25, 0.3) is 27.6 Å². The molecule has 0 aliphatic heterocycles. The second-order valence-corrected chi connectivity index (χ2v) is 15.8. The van der Waals surface area contributed by atoms with Crippen LogP contribution >= 0.6 is 0 Å². The van der Waals surface area contributed by atoms with Gasteiger partial charge in [0, 0.05) is 48.3 Å². The number of alkyl halides is 3. The Morgan fingerprint density at radius 2 is 1.86 bits per heavy atom. The van der Waals surface area contributed by atoms with Gasteiger partial charge in [-0.15, -0.1) is 0 Å². The highest BCUT2D eigenvalue weighted by atomic mass is 19.4. The number of pyridine rings is 1. The van der Waals surface area contributed by atoms with Crippen LogP contribution in [0.1, 0.15) is 83.9 Å². The fourth-order valence-corrected chi connectivity index (χ4v) is 7.70. The normalized spacial score (nSPS) is 14.9. The second kappa shape index (κ2) is 18.2. The number of imidazole rings is 1. The highest BCUT2D eigenvalue weighted by Gasteiger charge is 2.36. The molecule has 0 saturated heterocycles. The van der Waals surface area contributed by atoms with Crippen LogP contribution in [0.3, 0.4) is 0 Å². The third kappa shape index (κ3) is 9.26. The quantitative estimate of drug-likeness (QED) is 0.0867. The number of aromatic amines is 1. The standard InChI is InChI=1S/C47H42F5N9O3/c1-27(2)61-25-38(47(50,51)52)57-43(61)31-13-10-28(11-14-31)24-60(37-18-20-53-42(40(37)49)39-41(30-15-16-30)55-26-56-46(39)64-3)21-7-6-19-54-44(62)34-22-29(12-17-35(34)48)23-36-32-8-4-5-9-33(32)45(63)59-58-36/h4-5,8-10,12-14,17-18,20,22,25-28,30H,11,15-16,19,21,23-24H2,1-3H3,(H,54,62)(H,59,63). The van der Waals surface area contributed by atoms with E-state index in [1.807, 2.05) is 12.2 Å². The van der Waals surface area contributed by atoms with Gasteiger partial charge in [-0.1, -0.05) is 54.3 Å². The Morgan fingerprint density at radius 3 is 2.58 bits per heavy atom. The number of H-pyrrole nitrogens is 1. The van der Waals surface area contributed by atoms with Crippen molar-refractivity contribution in [1.82, 2.24) is 40.0 Å². The lowest BCUT2D eigenvalue weighted by Crippen LogP contribution is -2.31.